The molecule has 2 aromatic rings. The van der Waals surface area contributed by atoms with Gasteiger partial charge >= 0.3 is 0 Å². The van der Waals surface area contributed by atoms with Crippen molar-refractivity contribution >= 4 is 16.3 Å². The second-order valence-electron chi connectivity index (χ2n) is 5.67. The summed E-state index contributed by atoms with van der Waals surface area (Å²) in [4.78, 5) is 5.70. The van der Waals surface area contributed by atoms with Gasteiger partial charge in [-0.2, -0.15) is 0 Å². The molecule has 4 heteroatoms. The van der Waals surface area contributed by atoms with Gasteiger partial charge in [0, 0.05) is 18.1 Å². The van der Waals surface area contributed by atoms with Crippen LogP contribution < -0.4 is 5.32 Å². The minimum atomic E-state index is 0.941. The number of nitrogens with one attached hydrogen (secondary N) is 1. The predicted molar refractivity (Wildman–Crippen MR) is 80.7 cm³/mol. The Kier molecular flexibility index (Phi) is 4.18. The maximum atomic E-state index is 4.58. The minimum absolute atomic E-state index is 0.941. The van der Waals surface area contributed by atoms with Crippen molar-refractivity contribution in [3.05, 3.63) is 23.0 Å². The zero-order valence-electron chi connectivity index (χ0n) is 11.7. The van der Waals surface area contributed by atoms with Crippen molar-refractivity contribution in [3.63, 3.8) is 0 Å². The molecule has 3 rings (SSSR count). The summed E-state index contributed by atoms with van der Waals surface area (Å²) in [7, 11) is 0. The van der Waals surface area contributed by atoms with Crippen molar-refractivity contribution in [2.24, 2.45) is 5.92 Å². The van der Waals surface area contributed by atoms with Crippen molar-refractivity contribution in [2.75, 3.05) is 6.54 Å². The third-order valence-electron chi connectivity index (χ3n) is 4.31. The zero-order chi connectivity index (χ0) is 13.1. The summed E-state index contributed by atoms with van der Waals surface area (Å²) in [5.41, 5.74) is 2.48. The Labute approximate surface area is 119 Å². The van der Waals surface area contributed by atoms with Crippen LogP contribution in [0, 0.1) is 12.8 Å². The molecule has 1 saturated carbocycles. The number of imidazole rings is 1. The van der Waals surface area contributed by atoms with Gasteiger partial charge in [0.05, 0.1) is 11.4 Å². The molecule has 0 saturated heterocycles. The van der Waals surface area contributed by atoms with Gasteiger partial charge in [-0.25, -0.2) is 4.98 Å². The van der Waals surface area contributed by atoms with Crippen molar-refractivity contribution in [1.29, 1.82) is 0 Å². The Hall–Kier alpha value is -0.870. The molecule has 0 aliphatic heterocycles. The highest BCUT2D eigenvalue weighted by Crippen LogP contribution is 2.25. The summed E-state index contributed by atoms with van der Waals surface area (Å²) in [6.07, 6.45) is 10.7. The molecule has 0 amide bonds. The molecule has 0 bridgehead atoms. The fourth-order valence-corrected chi connectivity index (χ4v) is 3.92. The second-order valence-corrected chi connectivity index (χ2v) is 6.54. The van der Waals surface area contributed by atoms with E-state index in [0.717, 1.165) is 29.7 Å². The number of aryl methyl sites for hydroxylation is 1. The minimum Gasteiger partial charge on any atom is -0.311 e. The molecule has 1 fully saturated rings. The van der Waals surface area contributed by atoms with Crippen LogP contribution in [0.1, 0.15) is 49.9 Å². The smallest absolute Gasteiger partial charge is 0.194 e. The lowest BCUT2D eigenvalue weighted by molar-refractivity contribution is 0.333. The van der Waals surface area contributed by atoms with Crippen molar-refractivity contribution in [1.82, 2.24) is 14.7 Å². The highest BCUT2D eigenvalue weighted by Gasteiger charge is 2.13. The van der Waals surface area contributed by atoms with Gasteiger partial charge in [-0.3, -0.25) is 4.40 Å². The molecule has 104 valence electrons. The first-order chi connectivity index (χ1) is 9.34. The number of thiazole rings is 1. The van der Waals surface area contributed by atoms with Crippen molar-refractivity contribution in [2.45, 2.75) is 52.0 Å². The number of fused-ring (bicyclic) bond motifs is 1. The standard InChI is InChI=1S/C15H23N3S/c1-12-14(18-9-10-19-15(18)17-12)11-16-8-7-13-5-3-2-4-6-13/h9-10,13,16H,2-8,11H2,1H3. The fourth-order valence-electron chi connectivity index (χ4n) is 3.14. The molecule has 0 aromatic carbocycles. The molecule has 0 unspecified atom stereocenters. The number of hydrogen-bond donors (Lipinski definition) is 1. The van der Waals surface area contributed by atoms with Crippen LogP contribution in [-0.2, 0) is 6.54 Å². The molecular weight excluding hydrogens is 254 g/mol. The average Bonchev–Trinajstić information content (AvgIpc) is 2.98. The summed E-state index contributed by atoms with van der Waals surface area (Å²) in [6, 6.07) is 0. The van der Waals surface area contributed by atoms with Gasteiger partial charge in [0.25, 0.3) is 0 Å². The Bertz CT molecular complexity index is 522. The van der Waals surface area contributed by atoms with E-state index in [9.17, 15) is 0 Å². The SMILES string of the molecule is Cc1nc2sccn2c1CNCCC1CCCCC1. The maximum Gasteiger partial charge on any atom is 0.194 e. The van der Waals surface area contributed by atoms with Crippen LogP contribution in [0.2, 0.25) is 0 Å². The first-order valence-corrected chi connectivity index (χ1v) is 8.34. The van der Waals surface area contributed by atoms with E-state index in [1.54, 1.807) is 11.3 Å². The third-order valence-corrected chi connectivity index (χ3v) is 5.06. The lowest BCUT2D eigenvalue weighted by Crippen LogP contribution is -2.20. The van der Waals surface area contributed by atoms with E-state index in [1.807, 2.05) is 0 Å². The van der Waals surface area contributed by atoms with Crippen LogP contribution in [-0.4, -0.2) is 15.9 Å². The van der Waals surface area contributed by atoms with E-state index < -0.39 is 0 Å². The Morgan fingerprint density at radius 2 is 2.21 bits per heavy atom. The average molecular weight is 277 g/mol. The molecule has 1 N–H and O–H groups in total. The highest BCUT2D eigenvalue weighted by atomic mass is 32.1. The topological polar surface area (TPSA) is 29.3 Å². The summed E-state index contributed by atoms with van der Waals surface area (Å²) >= 11 is 1.71. The van der Waals surface area contributed by atoms with E-state index in [0.29, 0.717) is 0 Å². The Balaban J connectivity index is 1.49. The van der Waals surface area contributed by atoms with Crippen LogP contribution in [0.25, 0.3) is 4.96 Å². The number of nitrogens with zero attached hydrogens (tertiary/aromatic N) is 2. The largest absolute Gasteiger partial charge is 0.311 e. The molecule has 0 atom stereocenters. The van der Waals surface area contributed by atoms with Gasteiger partial charge in [0.15, 0.2) is 4.96 Å². The summed E-state index contributed by atoms with van der Waals surface area (Å²) in [5, 5.41) is 5.71. The van der Waals surface area contributed by atoms with Crippen LogP contribution in [0.3, 0.4) is 0 Å². The van der Waals surface area contributed by atoms with E-state index in [2.05, 4.69) is 33.2 Å². The number of hydrogen-bond acceptors (Lipinski definition) is 3. The van der Waals surface area contributed by atoms with Crippen molar-refractivity contribution in [3.8, 4) is 0 Å². The quantitative estimate of drug-likeness (QED) is 0.843. The van der Waals surface area contributed by atoms with Gasteiger partial charge in [0.2, 0.25) is 0 Å². The van der Waals surface area contributed by atoms with E-state index in [4.69, 9.17) is 0 Å². The fraction of sp³-hybridized carbons (Fsp3) is 0.667. The molecule has 0 spiro atoms. The predicted octanol–water partition coefficient (Wildman–Crippen LogP) is 3.76. The third kappa shape index (κ3) is 3.00. The van der Waals surface area contributed by atoms with Crippen LogP contribution >= 0.6 is 11.3 Å². The molecule has 0 radical (unpaired) electrons. The van der Waals surface area contributed by atoms with E-state index in [1.165, 1.54) is 44.2 Å². The summed E-state index contributed by atoms with van der Waals surface area (Å²) < 4.78 is 2.22. The molecule has 2 aromatic heterocycles. The summed E-state index contributed by atoms with van der Waals surface area (Å²) in [6.45, 7) is 4.19. The second kappa shape index (κ2) is 6.06. The normalized spacial score (nSPS) is 17.3. The number of aromatic nitrogens is 2. The lowest BCUT2D eigenvalue weighted by atomic mass is 9.87. The molecule has 1 aliphatic rings. The molecule has 19 heavy (non-hydrogen) atoms. The van der Waals surface area contributed by atoms with E-state index in [-0.39, 0.29) is 0 Å². The Morgan fingerprint density at radius 3 is 3.05 bits per heavy atom. The lowest BCUT2D eigenvalue weighted by Gasteiger charge is -2.21. The first kappa shape index (κ1) is 13.1. The maximum absolute atomic E-state index is 4.58. The molecule has 2 heterocycles. The zero-order valence-corrected chi connectivity index (χ0v) is 12.5. The van der Waals surface area contributed by atoms with Gasteiger partial charge in [-0.1, -0.05) is 32.1 Å². The van der Waals surface area contributed by atoms with Crippen LogP contribution in [0.5, 0.6) is 0 Å². The van der Waals surface area contributed by atoms with Crippen LogP contribution in [0.15, 0.2) is 11.6 Å². The van der Waals surface area contributed by atoms with Gasteiger partial charge in [-0.05, 0) is 25.8 Å². The van der Waals surface area contributed by atoms with E-state index >= 15 is 0 Å². The Morgan fingerprint density at radius 1 is 1.37 bits per heavy atom. The first-order valence-electron chi connectivity index (χ1n) is 7.46. The molecular formula is C15H23N3S. The number of rotatable bonds is 5. The molecule has 3 nitrogen and oxygen atoms in total. The van der Waals surface area contributed by atoms with Gasteiger partial charge < -0.3 is 5.32 Å². The van der Waals surface area contributed by atoms with Crippen LogP contribution in [0.4, 0.5) is 0 Å². The van der Waals surface area contributed by atoms with Gasteiger partial charge in [0.1, 0.15) is 0 Å². The molecule has 1 aliphatic carbocycles. The highest BCUT2D eigenvalue weighted by molar-refractivity contribution is 7.15. The van der Waals surface area contributed by atoms with Crippen molar-refractivity contribution < 1.29 is 0 Å². The summed E-state index contributed by atoms with van der Waals surface area (Å²) in [5.74, 6) is 0.967. The van der Waals surface area contributed by atoms with Gasteiger partial charge in [-0.15, -0.1) is 11.3 Å². The monoisotopic (exact) mass is 277 g/mol.